The summed E-state index contributed by atoms with van der Waals surface area (Å²) >= 11 is 6.89. The van der Waals surface area contributed by atoms with E-state index in [4.69, 9.17) is 26.7 Å². The molecule has 0 bridgehead atoms. The van der Waals surface area contributed by atoms with Gasteiger partial charge in [-0.1, -0.05) is 0 Å². The van der Waals surface area contributed by atoms with E-state index in [-0.39, 0.29) is 2.63 Å². The molecule has 0 aliphatic rings. The number of alkyl halides is 1. The maximum absolute atomic E-state index is 7.17. The number of rotatable bonds is 1. The summed E-state index contributed by atoms with van der Waals surface area (Å²) in [7, 11) is -2.17. The van der Waals surface area contributed by atoms with Gasteiger partial charge in [0.05, 0.1) is 0 Å². The van der Waals surface area contributed by atoms with Gasteiger partial charge >= 0.3 is 85.4 Å². The Kier molecular flexibility index (Phi) is 8.10. The third kappa shape index (κ3) is 8.78. The fraction of sp³-hybridized carbons (Fsp3) is 0.143. The fourth-order valence-corrected chi connectivity index (χ4v) is 1.25. The molecule has 0 heterocycles. The molecule has 0 radical (unpaired) electrons. The number of hydrogen-bond acceptors (Lipinski definition) is 3. The van der Waals surface area contributed by atoms with E-state index in [0.29, 0.717) is 0 Å². The number of halogens is 1. The van der Waals surface area contributed by atoms with E-state index in [1.807, 2.05) is 18.2 Å². The van der Waals surface area contributed by atoms with Crippen LogP contribution >= 0.6 is 11.6 Å². The summed E-state index contributed by atoms with van der Waals surface area (Å²) in [5.74, 6) is 0. The molecule has 66 valence electrons. The molecule has 0 spiro atoms. The quantitative estimate of drug-likeness (QED) is 0.453. The monoisotopic (exact) mass is 210 g/mol. The van der Waals surface area contributed by atoms with E-state index in [2.05, 4.69) is 12.1 Å². The van der Waals surface area contributed by atoms with Crippen molar-refractivity contribution in [3.05, 3.63) is 35.9 Å². The van der Waals surface area contributed by atoms with Gasteiger partial charge in [0, 0.05) is 0 Å². The molecule has 6 heteroatoms. The van der Waals surface area contributed by atoms with Crippen LogP contribution < -0.4 is 0 Å². The third-order valence-electron chi connectivity index (χ3n) is 1.26. The minimum atomic E-state index is -2.17. The molecule has 1 aromatic carbocycles. The van der Waals surface area contributed by atoms with Crippen LogP contribution in [0.4, 0.5) is 0 Å². The first kappa shape index (κ1) is 13.5. The normalized spacial score (nSPS) is 11.2. The average molecular weight is 210 g/mol. The molecule has 0 saturated carbocycles. The van der Waals surface area contributed by atoms with Crippen LogP contribution in [-0.4, -0.2) is 50.3 Å². The van der Waals surface area contributed by atoms with Crippen LogP contribution in [0.5, 0.6) is 0 Å². The van der Waals surface area contributed by atoms with Crippen molar-refractivity contribution in [3.8, 4) is 0 Å². The van der Waals surface area contributed by atoms with Crippen molar-refractivity contribution >= 4 is 46.9 Å². The van der Waals surface area contributed by atoms with Gasteiger partial charge in [-0.15, -0.1) is 0 Å². The second-order valence-electron chi connectivity index (χ2n) is 2.37. The van der Waals surface area contributed by atoms with Crippen LogP contribution in [0.2, 0.25) is 0 Å². The SMILES string of the molecule is OB(O)O.[Na][CH](Cl)c1ccccc1. The summed E-state index contributed by atoms with van der Waals surface area (Å²) in [6.07, 6.45) is 0. The van der Waals surface area contributed by atoms with Gasteiger partial charge < -0.3 is 15.1 Å². The molecule has 0 amide bonds. The molecule has 0 aliphatic heterocycles. The van der Waals surface area contributed by atoms with Crippen molar-refractivity contribution in [3.63, 3.8) is 0 Å². The Bertz CT molecular complexity index is 217. The van der Waals surface area contributed by atoms with E-state index >= 15 is 0 Å². The summed E-state index contributed by atoms with van der Waals surface area (Å²) in [5, 5.41) is 21.5. The molecule has 0 aliphatic carbocycles. The molecule has 0 fully saturated rings. The van der Waals surface area contributed by atoms with Crippen LogP contribution in [0, 0.1) is 0 Å². The second kappa shape index (κ2) is 7.82. The van der Waals surface area contributed by atoms with Gasteiger partial charge in [-0.25, -0.2) is 0 Å². The minimum absolute atomic E-state index is 0.270. The van der Waals surface area contributed by atoms with Crippen LogP contribution in [0.15, 0.2) is 30.3 Å². The molecule has 1 unspecified atom stereocenters. The van der Waals surface area contributed by atoms with Crippen LogP contribution in [-0.2, 0) is 0 Å². The standard InChI is InChI=1S/C7H6Cl.BH3O3.Na/c8-6-7-4-2-1-3-5-7;2-1(3)4;/h1-6H;2-4H;. The zero-order chi connectivity index (χ0) is 10.3. The molecule has 0 aromatic heterocycles. The van der Waals surface area contributed by atoms with Gasteiger partial charge in [-0.05, 0) is 0 Å². The van der Waals surface area contributed by atoms with Crippen LogP contribution in [0.1, 0.15) is 8.19 Å². The number of hydrogen-bond donors (Lipinski definition) is 3. The van der Waals surface area contributed by atoms with E-state index in [0.717, 1.165) is 27.9 Å². The summed E-state index contributed by atoms with van der Waals surface area (Å²) in [5.41, 5.74) is 1.24. The Morgan fingerprint density at radius 1 is 1.15 bits per heavy atom. The summed E-state index contributed by atoms with van der Waals surface area (Å²) < 4.78 is 0.270. The van der Waals surface area contributed by atoms with Gasteiger partial charge in [0.2, 0.25) is 0 Å². The molecule has 0 saturated heterocycles. The van der Waals surface area contributed by atoms with Crippen LogP contribution in [0.3, 0.4) is 0 Å². The molecule has 1 atom stereocenters. The molecule has 1 aromatic rings. The zero-order valence-corrected chi connectivity index (χ0v) is 10.0. The Morgan fingerprint density at radius 3 is 1.77 bits per heavy atom. The van der Waals surface area contributed by atoms with E-state index < -0.39 is 7.32 Å². The summed E-state index contributed by atoms with van der Waals surface area (Å²) in [6.45, 7) is 0. The molecule has 13 heavy (non-hydrogen) atoms. The van der Waals surface area contributed by atoms with Crippen molar-refractivity contribution in [1.29, 1.82) is 0 Å². The van der Waals surface area contributed by atoms with E-state index in [1.54, 1.807) is 0 Å². The Hall–Kier alpha value is 0.455. The number of benzene rings is 1. The summed E-state index contributed by atoms with van der Waals surface area (Å²) in [6, 6.07) is 10.2. The predicted octanol–water partition coefficient (Wildman–Crippen LogP) is 0.0407. The van der Waals surface area contributed by atoms with Gasteiger partial charge in [0.1, 0.15) is 0 Å². The van der Waals surface area contributed by atoms with Gasteiger partial charge in [-0.3, -0.25) is 0 Å². The molecule has 1 rings (SSSR count). The van der Waals surface area contributed by atoms with Crippen LogP contribution in [0.25, 0.3) is 0 Å². The topological polar surface area (TPSA) is 60.7 Å². The molecular weight excluding hydrogens is 201 g/mol. The third-order valence-corrected chi connectivity index (χ3v) is 2.18. The van der Waals surface area contributed by atoms with E-state index in [1.165, 1.54) is 5.56 Å². The Labute approximate surface area is 99.9 Å². The molecular formula is C7H9BClNaO3. The Morgan fingerprint density at radius 2 is 1.54 bits per heavy atom. The van der Waals surface area contributed by atoms with E-state index in [9.17, 15) is 0 Å². The van der Waals surface area contributed by atoms with Crippen molar-refractivity contribution in [2.45, 2.75) is 2.63 Å². The van der Waals surface area contributed by atoms with Crippen molar-refractivity contribution in [1.82, 2.24) is 0 Å². The fourth-order valence-electron chi connectivity index (χ4n) is 0.718. The first-order valence-electron chi connectivity index (χ1n) is 3.77. The zero-order valence-electron chi connectivity index (χ0n) is 7.26. The van der Waals surface area contributed by atoms with Gasteiger partial charge in [0.15, 0.2) is 0 Å². The van der Waals surface area contributed by atoms with Gasteiger partial charge in [-0.2, -0.15) is 0 Å². The predicted molar refractivity (Wildman–Crippen MR) is 53.2 cm³/mol. The maximum atomic E-state index is 7.17. The summed E-state index contributed by atoms with van der Waals surface area (Å²) in [4.78, 5) is 0. The van der Waals surface area contributed by atoms with Gasteiger partial charge in [0.25, 0.3) is 0 Å². The second-order valence-corrected chi connectivity index (χ2v) is 4.91. The average Bonchev–Trinajstić information content (AvgIpc) is 2.05. The van der Waals surface area contributed by atoms with Crippen molar-refractivity contribution in [2.24, 2.45) is 0 Å². The first-order chi connectivity index (χ1) is 6.04. The Balaban J connectivity index is 0.000000310. The first-order valence-corrected chi connectivity index (χ1v) is 5.36. The van der Waals surface area contributed by atoms with Crippen molar-refractivity contribution < 1.29 is 15.1 Å². The molecule has 3 nitrogen and oxygen atoms in total. The van der Waals surface area contributed by atoms with Crippen molar-refractivity contribution in [2.75, 3.05) is 0 Å². The molecule has 3 N–H and O–H groups in total.